The van der Waals surface area contributed by atoms with Crippen molar-refractivity contribution in [2.45, 2.75) is 27.7 Å². The number of hydrazone groups is 1. The van der Waals surface area contributed by atoms with Crippen LogP contribution in [0, 0.1) is 27.7 Å². The Hall–Kier alpha value is -3.64. The average molecular weight is 449 g/mol. The SMILES string of the molecule is Cc1ccc(C)c(Nc2ccc(Cl)cc2/C=N\NC(=O)C(=O)Nc2c(C)cccc2C)c1. The first-order valence-electron chi connectivity index (χ1n) is 10.1. The molecule has 3 aromatic carbocycles. The van der Waals surface area contributed by atoms with Crippen LogP contribution in [0.2, 0.25) is 5.02 Å². The standard InChI is InChI=1S/C25H25ClN4O2/c1-15-8-9-16(2)22(12-15)28-21-11-10-20(26)13-19(21)14-27-30-25(32)24(31)29-23-17(3)6-5-7-18(23)4/h5-14,28H,1-4H3,(H,29,31)(H,30,32)/b27-14-. The molecule has 0 atom stereocenters. The van der Waals surface area contributed by atoms with Crippen molar-refractivity contribution in [3.8, 4) is 0 Å². The summed E-state index contributed by atoms with van der Waals surface area (Å²) >= 11 is 6.15. The number of hydrogen-bond acceptors (Lipinski definition) is 4. The van der Waals surface area contributed by atoms with Crippen LogP contribution in [0.4, 0.5) is 17.1 Å². The third kappa shape index (κ3) is 5.74. The molecular weight excluding hydrogens is 424 g/mol. The van der Waals surface area contributed by atoms with Crippen molar-refractivity contribution >= 4 is 46.7 Å². The zero-order chi connectivity index (χ0) is 23.3. The molecule has 3 rings (SSSR count). The van der Waals surface area contributed by atoms with Gasteiger partial charge in [-0.2, -0.15) is 5.10 Å². The third-order valence-electron chi connectivity index (χ3n) is 4.97. The van der Waals surface area contributed by atoms with Gasteiger partial charge in [0.2, 0.25) is 0 Å². The number of carbonyl (C=O) groups excluding carboxylic acids is 2. The molecule has 0 heterocycles. The van der Waals surface area contributed by atoms with Crippen molar-refractivity contribution in [1.29, 1.82) is 0 Å². The topological polar surface area (TPSA) is 82.6 Å². The number of aryl methyl sites for hydroxylation is 4. The first kappa shape index (κ1) is 23.0. The van der Waals surface area contributed by atoms with E-state index in [1.54, 1.807) is 12.1 Å². The predicted molar refractivity (Wildman–Crippen MR) is 131 cm³/mol. The second-order valence-electron chi connectivity index (χ2n) is 7.60. The number of amides is 2. The average Bonchev–Trinajstić information content (AvgIpc) is 2.75. The van der Waals surface area contributed by atoms with Crippen molar-refractivity contribution < 1.29 is 9.59 Å². The molecule has 0 fully saturated rings. The van der Waals surface area contributed by atoms with Gasteiger partial charge < -0.3 is 10.6 Å². The maximum atomic E-state index is 12.3. The molecule has 0 aromatic heterocycles. The van der Waals surface area contributed by atoms with Gasteiger partial charge in [-0.1, -0.05) is 41.9 Å². The van der Waals surface area contributed by atoms with E-state index in [4.69, 9.17) is 11.6 Å². The number of para-hydroxylation sites is 1. The van der Waals surface area contributed by atoms with Crippen molar-refractivity contribution in [3.05, 3.63) is 87.4 Å². The van der Waals surface area contributed by atoms with Crippen molar-refractivity contribution in [1.82, 2.24) is 5.43 Å². The van der Waals surface area contributed by atoms with E-state index in [0.29, 0.717) is 16.3 Å². The summed E-state index contributed by atoms with van der Waals surface area (Å²) < 4.78 is 0. The van der Waals surface area contributed by atoms with Gasteiger partial charge in [-0.25, -0.2) is 5.43 Å². The van der Waals surface area contributed by atoms with Gasteiger partial charge >= 0.3 is 11.8 Å². The fourth-order valence-electron chi connectivity index (χ4n) is 3.16. The molecular formula is C25H25ClN4O2. The first-order chi connectivity index (χ1) is 15.2. The highest BCUT2D eigenvalue weighted by Gasteiger charge is 2.15. The fourth-order valence-corrected chi connectivity index (χ4v) is 3.34. The Morgan fingerprint density at radius 1 is 0.844 bits per heavy atom. The van der Waals surface area contributed by atoms with Crippen LogP contribution in [0.25, 0.3) is 0 Å². The number of nitrogens with one attached hydrogen (secondary N) is 3. The van der Waals surface area contributed by atoms with Crippen molar-refractivity contribution in [2.24, 2.45) is 5.10 Å². The van der Waals surface area contributed by atoms with E-state index in [0.717, 1.165) is 33.6 Å². The Morgan fingerprint density at radius 3 is 2.28 bits per heavy atom. The Labute approximate surface area is 192 Å². The van der Waals surface area contributed by atoms with Gasteiger partial charge in [-0.15, -0.1) is 0 Å². The molecule has 3 N–H and O–H groups in total. The lowest BCUT2D eigenvalue weighted by molar-refractivity contribution is -0.136. The minimum atomic E-state index is -0.866. The summed E-state index contributed by atoms with van der Waals surface area (Å²) in [5.74, 6) is -1.66. The maximum absolute atomic E-state index is 12.3. The molecule has 164 valence electrons. The van der Waals surface area contributed by atoms with E-state index in [9.17, 15) is 9.59 Å². The van der Waals surface area contributed by atoms with E-state index in [1.807, 2.05) is 70.2 Å². The normalized spacial score (nSPS) is 10.8. The molecule has 3 aromatic rings. The number of hydrogen-bond donors (Lipinski definition) is 3. The largest absolute Gasteiger partial charge is 0.355 e. The molecule has 0 unspecified atom stereocenters. The Morgan fingerprint density at radius 2 is 1.56 bits per heavy atom. The lowest BCUT2D eigenvalue weighted by Crippen LogP contribution is -2.32. The summed E-state index contributed by atoms with van der Waals surface area (Å²) in [5.41, 5.74) is 9.23. The highest BCUT2D eigenvalue weighted by molar-refractivity contribution is 6.39. The minimum Gasteiger partial charge on any atom is -0.355 e. The number of carbonyl (C=O) groups is 2. The Kier molecular flexibility index (Phi) is 7.28. The maximum Gasteiger partial charge on any atom is 0.329 e. The van der Waals surface area contributed by atoms with E-state index in [2.05, 4.69) is 21.2 Å². The molecule has 0 spiro atoms. The highest BCUT2D eigenvalue weighted by Crippen LogP contribution is 2.26. The second kappa shape index (κ2) is 10.1. The van der Waals surface area contributed by atoms with Crippen LogP contribution >= 0.6 is 11.6 Å². The summed E-state index contributed by atoms with van der Waals surface area (Å²) in [6.07, 6.45) is 1.45. The molecule has 0 saturated heterocycles. The summed E-state index contributed by atoms with van der Waals surface area (Å²) in [7, 11) is 0. The highest BCUT2D eigenvalue weighted by atomic mass is 35.5. The third-order valence-corrected chi connectivity index (χ3v) is 5.21. The van der Waals surface area contributed by atoms with Gasteiger partial charge in [0.25, 0.3) is 0 Å². The molecule has 32 heavy (non-hydrogen) atoms. The molecule has 7 heteroatoms. The summed E-state index contributed by atoms with van der Waals surface area (Å²) in [5, 5.41) is 10.5. The van der Waals surface area contributed by atoms with Gasteiger partial charge in [0, 0.05) is 27.6 Å². The monoisotopic (exact) mass is 448 g/mol. The summed E-state index contributed by atoms with van der Waals surface area (Å²) in [4.78, 5) is 24.5. The number of benzene rings is 3. The fraction of sp³-hybridized carbons (Fsp3) is 0.160. The van der Waals surface area contributed by atoms with Crippen LogP contribution in [0.1, 0.15) is 27.8 Å². The van der Waals surface area contributed by atoms with Crippen LogP contribution in [0.15, 0.2) is 59.7 Å². The Balaban J connectivity index is 1.72. The molecule has 0 saturated carbocycles. The smallest absolute Gasteiger partial charge is 0.329 e. The van der Waals surface area contributed by atoms with E-state index < -0.39 is 11.8 Å². The van der Waals surface area contributed by atoms with E-state index in [1.165, 1.54) is 6.21 Å². The lowest BCUT2D eigenvalue weighted by Gasteiger charge is -2.13. The molecule has 0 aliphatic rings. The predicted octanol–water partition coefficient (Wildman–Crippen LogP) is 5.41. The van der Waals surface area contributed by atoms with Gasteiger partial charge in [0.1, 0.15) is 0 Å². The zero-order valence-corrected chi connectivity index (χ0v) is 19.2. The molecule has 6 nitrogen and oxygen atoms in total. The molecule has 0 radical (unpaired) electrons. The second-order valence-corrected chi connectivity index (χ2v) is 8.03. The van der Waals surface area contributed by atoms with Crippen molar-refractivity contribution in [2.75, 3.05) is 10.6 Å². The number of anilines is 3. The quantitative estimate of drug-likeness (QED) is 0.277. The number of rotatable bonds is 5. The summed E-state index contributed by atoms with van der Waals surface area (Å²) in [6.45, 7) is 7.76. The molecule has 2 amide bonds. The van der Waals surface area contributed by atoms with E-state index in [-0.39, 0.29) is 0 Å². The van der Waals surface area contributed by atoms with E-state index >= 15 is 0 Å². The van der Waals surface area contributed by atoms with Gasteiger partial charge in [0.05, 0.1) is 6.21 Å². The molecule has 0 aliphatic heterocycles. The van der Waals surface area contributed by atoms with Gasteiger partial charge in [-0.3, -0.25) is 9.59 Å². The van der Waals surface area contributed by atoms with Gasteiger partial charge in [0.15, 0.2) is 0 Å². The van der Waals surface area contributed by atoms with Crippen LogP contribution in [-0.4, -0.2) is 18.0 Å². The number of nitrogens with zero attached hydrogens (tertiary/aromatic N) is 1. The van der Waals surface area contributed by atoms with Crippen molar-refractivity contribution in [3.63, 3.8) is 0 Å². The molecule has 0 aliphatic carbocycles. The van der Waals surface area contributed by atoms with Gasteiger partial charge in [-0.05, 0) is 74.2 Å². The van der Waals surface area contributed by atoms with Crippen LogP contribution in [0.3, 0.4) is 0 Å². The van der Waals surface area contributed by atoms with Crippen LogP contribution in [-0.2, 0) is 9.59 Å². The van der Waals surface area contributed by atoms with Crippen LogP contribution in [0.5, 0.6) is 0 Å². The Bertz CT molecular complexity index is 1180. The van der Waals surface area contributed by atoms with Crippen LogP contribution < -0.4 is 16.1 Å². The lowest BCUT2D eigenvalue weighted by atomic mass is 10.1. The zero-order valence-electron chi connectivity index (χ0n) is 18.4. The molecule has 0 bridgehead atoms. The minimum absolute atomic E-state index is 0.525. The summed E-state index contributed by atoms with van der Waals surface area (Å²) in [6, 6.07) is 17.1. The number of halogens is 1. The first-order valence-corrected chi connectivity index (χ1v) is 10.5.